The Hall–Kier alpha value is -2.44. The number of aryl methyl sites for hydroxylation is 1. The van der Waals surface area contributed by atoms with Crippen LogP contribution in [0.1, 0.15) is 24.8 Å². The van der Waals surface area contributed by atoms with E-state index in [1.54, 1.807) is 24.0 Å². The van der Waals surface area contributed by atoms with Gasteiger partial charge >= 0.3 is 5.97 Å². The van der Waals surface area contributed by atoms with Gasteiger partial charge in [0.2, 0.25) is 11.8 Å². The molecule has 0 unspecified atom stereocenters. The number of carbonyl (C=O) groups is 3. The van der Waals surface area contributed by atoms with Gasteiger partial charge in [0.1, 0.15) is 5.82 Å². The van der Waals surface area contributed by atoms with Gasteiger partial charge < -0.3 is 14.5 Å². The molecule has 2 amide bonds. The highest BCUT2D eigenvalue weighted by Crippen LogP contribution is 2.30. The molecule has 2 saturated heterocycles. The molecule has 0 radical (unpaired) electrons. The first-order valence-electron chi connectivity index (χ1n) is 8.84. The third-order valence-electron chi connectivity index (χ3n) is 5.21. The molecule has 0 saturated carbocycles. The number of esters is 1. The summed E-state index contributed by atoms with van der Waals surface area (Å²) < 4.78 is 18.9. The highest BCUT2D eigenvalue weighted by atomic mass is 19.1. The maximum atomic E-state index is 14.2. The van der Waals surface area contributed by atoms with Crippen molar-refractivity contribution in [3.8, 4) is 0 Å². The number of amides is 2. The van der Waals surface area contributed by atoms with Crippen molar-refractivity contribution in [3.05, 3.63) is 29.6 Å². The minimum absolute atomic E-state index is 0.0864. The summed E-state index contributed by atoms with van der Waals surface area (Å²) in [6.45, 7) is 2.92. The smallest absolute Gasteiger partial charge is 0.308 e. The Morgan fingerprint density at radius 2 is 1.88 bits per heavy atom. The van der Waals surface area contributed by atoms with E-state index in [4.69, 9.17) is 4.74 Å². The molecule has 0 aromatic heterocycles. The Bertz CT molecular complexity index is 728. The van der Waals surface area contributed by atoms with Crippen LogP contribution in [0.3, 0.4) is 0 Å². The average molecular weight is 362 g/mol. The minimum Gasteiger partial charge on any atom is -0.469 e. The van der Waals surface area contributed by atoms with Crippen LogP contribution >= 0.6 is 0 Å². The number of methoxy groups -OCH3 is 1. The van der Waals surface area contributed by atoms with Gasteiger partial charge in [0.05, 0.1) is 24.6 Å². The van der Waals surface area contributed by atoms with Crippen molar-refractivity contribution < 1.29 is 23.5 Å². The standard InChI is InChI=1S/C19H23FN2O4/c1-12-3-4-16(15(20)9-12)22-11-14(10-17(22)23)18(24)21-7-5-13(6-8-21)19(25)26-2/h3-4,9,13-14H,5-8,10-11H2,1-2H3/t14-/m1/s1. The first-order valence-corrected chi connectivity index (χ1v) is 8.84. The summed E-state index contributed by atoms with van der Waals surface area (Å²) in [4.78, 5) is 39.7. The van der Waals surface area contributed by atoms with Crippen molar-refractivity contribution in [1.29, 1.82) is 0 Å². The number of halogens is 1. The maximum Gasteiger partial charge on any atom is 0.308 e. The van der Waals surface area contributed by atoms with Gasteiger partial charge in [-0.05, 0) is 37.5 Å². The molecule has 2 aliphatic rings. The average Bonchev–Trinajstić information content (AvgIpc) is 3.02. The highest BCUT2D eigenvalue weighted by Gasteiger charge is 2.39. The largest absolute Gasteiger partial charge is 0.469 e. The van der Waals surface area contributed by atoms with Crippen LogP contribution in [-0.4, -0.2) is 49.4 Å². The van der Waals surface area contributed by atoms with E-state index < -0.39 is 11.7 Å². The summed E-state index contributed by atoms with van der Waals surface area (Å²) in [6, 6.07) is 4.71. The monoisotopic (exact) mass is 362 g/mol. The number of nitrogens with zero attached hydrogens (tertiary/aromatic N) is 2. The van der Waals surface area contributed by atoms with Crippen molar-refractivity contribution in [1.82, 2.24) is 4.90 Å². The maximum absolute atomic E-state index is 14.2. The lowest BCUT2D eigenvalue weighted by atomic mass is 9.95. The number of anilines is 1. The zero-order valence-corrected chi connectivity index (χ0v) is 15.0. The van der Waals surface area contributed by atoms with E-state index >= 15 is 0 Å². The predicted molar refractivity (Wildman–Crippen MR) is 92.9 cm³/mol. The molecule has 1 aromatic rings. The van der Waals surface area contributed by atoms with Crippen molar-refractivity contribution in [2.75, 3.05) is 31.6 Å². The molecule has 2 heterocycles. The number of rotatable bonds is 3. The van der Waals surface area contributed by atoms with Crippen LogP contribution in [0, 0.1) is 24.6 Å². The van der Waals surface area contributed by atoms with Crippen LogP contribution in [0.4, 0.5) is 10.1 Å². The zero-order valence-electron chi connectivity index (χ0n) is 15.0. The number of hydrogen-bond acceptors (Lipinski definition) is 4. The SMILES string of the molecule is COC(=O)C1CCN(C(=O)[C@@H]2CC(=O)N(c3ccc(C)cc3F)C2)CC1. The lowest BCUT2D eigenvalue weighted by molar-refractivity contribution is -0.149. The summed E-state index contributed by atoms with van der Waals surface area (Å²) in [6.07, 6.45) is 1.22. The lowest BCUT2D eigenvalue weighted by Crippen LogP contribution is -2.43. The van der Waals surface area contributed by atoms with E-state index in [0.717, 1.165) is 5.56 Å². The van der Waals surface area contributed by atoms with Crippen LogP contribution < -0.4 is 4.90 Å². The van der Waals surface area contributed by atoms with Gasteiger partial charge in [-0.3, -0.25) is 14.4 Å². The zero-order chi connectivity index (χ0) is 18.8. The summed E-state index contributed by atoms with van der Waals surface area (Å²) >= 11 is 0. The number of carbonyl (C=O) groups excluding carboxylic acids is 3. The first kappa shape index (κ1) is 18.4. The number of hydrogen-bond donors (Lipinski definition) is 0. The fourth-order valence-electron chi connectivity index (χ4n) is 3.70. The van der Waals surface area contributed by atoms with E-state index in [1.165, 1.54) is 18.1 Å². The van der Waals surface area contributed by atoms with E-state index in [9.17, 15) is 18.8 Å². The molecular weight excluding hydrogens is 339 g/mol. The molecule has 7 heteroatoms. The summed E-state index contributed by atoms with van der Waals surface area (Å²) in [7, 11) is 1.36. The van der Waals surface area contributed by atoms with Crippen molar-refractivity contribution >= 4 is 23.5 Å². The van der Waals surface area contributed by atoms with Crippen LogP contribution in [-0.2, 0) is 19.1 Å². The lowest BCUT2D eigenvalue weighted by Gasteiger charge is -2.32. The molecule has 140 valence electrons. The van der Waals surface area contributed by atoms with Crippen LogP contribution in [0.5, 0.6) is 0 Å². The topological polar surface area (TPSA) is 66.9 Å². The first-order chi connectivity index (χ1) is 12.4. The number of benzene rings is 1. The Morgan fingerprint density at radius 3 is 2.50 bits per heavy atom. The Balaban J connectivity index is 1.63. The molecule has 2 fully saturated rings. The second kappa shape index (κ2) is 7.43. The normalized spacial score (nSPS) is 21.2. The van der Waals surface area contributed by atoms with Gasteiger partial charge in [-0.1, -0.05) is 6.07 Å². The Kier molecular flexibility index (Phi) is 5.25. The molecule has 0 aliphatic carbocycles. The van der Waals surface area contributed by atoms with Crippen LogP contribution in [0.25, 0.3) is 0 Å². The summed E-state index contributed by atoms with van der Waals surface area (Å²) in [5, 5.41) is 0. The fraction of sp³-hybridized carbons (Fsp3) is 0.526. The van der Waals surface area contributed by atoms with E-state index in [2.05, 4.69) is 0 Å². The van der Waals surface area contributed by atoms with Crippen LogP contribution in [0.2, 0.25) is 0 Å². The number of ether oxygens (including phenoxy) is 1. The highest BCUT2D eigenvalue weighted by molar-refractivity contribution is 6.00. The Morgan fingerprint density at radius 1 is 1.19 bits per heavy atom. The summed E-state index contributed by atoms with van der Waals surface area (Å²) in [5.41, 5.74) is 0.999. The van der Waals surface area contributed by atoms with Crippen molar-refractivity contribution in [3.63, 3.8) is 0 Å². The fourth-order valence-corrected chi connectivity index (χ4v) is 3.70. The van der Waals surface area contributed by atoms with Gasteiger partial charge in [-0.2, -0.15) is 0 Å². The molecule has 0 bridgehead atoms. The van der Waals surface area contributed by atoms with Gasteiger partial charge in [0.25, 0.3) is 0 Å². The Labute approximate surface area is 151 Å². The number of likely N-dealkylation sites (tertiary alicyclic amines) is 1. The quantitative estimate of drug-likeness (QED) is 0.771. The third kappa shape index (κ3) is 3.57. The second-order valence-electron chi connectivity index (χ2n) is 6.98. The van der Waals surface area contributed by atoms with Crippen LogP contribution in [0.15, 0.2) is 18.2 Å². The minimum atomic E-state index is -0.474. The molecule has 0 spiro atoms. The molecule has 3 rings (SSSR count). The van der Waals surface area contributed by atoms with Gasteiger partial charge in [0.15, 0.2) is 0 Å². The van der Waals surface area contributed by atoms with Gasteiger partial charge in [-0.25, -0.2) is 4.39 Å². The van der Waals surface area contributed by atoms with Gasteiger partial charge in [-0.15, -0.1) is 0 Å². The second-order valence-corrected chi connectivity index (χ2v) is 6.98. The molecule has 1 atom stereocenters. The third-order valence-corrected chi connectivity index (χ3v) is 5.21. The molecule has 0 N–H and O–H groups in total. The van der Waals surface area contributed by atoms with Crippen molar-refractivity contribution in [2.45, 2.75) is 26.2 Å². The number of piperidine rings is 1. The molecular formula is C19H23FN2O4. The van der Waals surface area contributed by atoms with E-state index in [0.29, 0.717) is 25.9 Å². The predicted octanol–water partition coefficient (Wildman–Crippen LogP) is 1.90. The molecule has 6 nitrogen and oxygen atoms in total. The van der Waals surface area contributed by atoms with Gasteiger partial charge in [0, 0.05) is 26.1 Å². The van der Waals surface area contributed by atoms with E-state index in [1.807, 2.05) is 0 Å². The molecule has 1 aromatic carbocycles. The summed E-state index contributed by atoms with van der Waals surface area (Å²) in [5.74, 6) is -1.68. The molecule has 26 heavy (non-hydrogen) atoms. The molecule has 2 aliphatic heterocycles. The van der Waals surface area contributed by atoms with E-state index in [-0.39, 0.29) is 42.4 Å². The van der Waals surface area contributed by atoms with Crippen molar-refractivity contribution in [2.24, 2.45) is 11.8 Å².